The molecule has 1 heterocycles. The van der Waals surface area contributed by atoms with Crippen LogP contribution in [0.1, 0.15) is 13.3 Å². The van der Waals surface area contributed by atoms with E-state index in [1.54, 1.807) is 0 Å². The molecule has 1 aromatic rings. The number of imidazole rings is 1. The highest BCUT2D eigenvalue weighted by Crippen LogP contribution is 1.95. The summed E-state index contributed by atoms with van der Waals surface area (Å²) >= 11 is 0. The van der Waals surface area contributed by atoms with Crippen LogP contribution in [-0.4, -0.2) is 22.6 Å². The average molecular weight is 153 g/mol. The van der Waals surface area contributed by atoms with Crippen LogP contribution < -0.4 is 5.32 Å². The topological polar surface area (TPSA) is 29.9 Å². The van der Waals surface area contributed by atoms with Crippen molar-refractivity contribution in [3.05, 3.63) is 18.7 Å². The van der Waals surface area contributed by atoms with E-state index in [-0.39, 0.29) is 0 Å². The van der Waals surface area contributed by atoms with Gasteiger partial charge in [0.1, 0.15) is 0 Å². The number of likely N-dealkylation sites (N-methyl/N-ethyl adjacent to an activating group) is 1. The monoisotopic (exact) mass is 153 g/mol. The Morgan fingerprint density at radius 3 is 2.91 bits per heavy atom. The molecule has 1 N–H and O–H groups in total. The third-order valence-electron chi connectivity index (χ3n) is 1.89. The van der Waals surface area contributed by atoms with E-state index >= 15 is 0 Å². The number of nitrogens with zero attached hydrogens (tertiary/aromatic N) is 2. The van der Waals surface area contributed by atoms with E-state index in [0.29, 0.717) is 6.04 Å². The summed E-state index contributed by atoms with van der Waals surface area (Å²) in [7, 11) is 1.99. The molecule has 0 bridgehead atoms. The molecule has 0 aliphatic rings. The average Bonchev–Trinajstić information content (AvgIpc) is 2.52. The fourth-order valence-electron chi connectivity index (χ4n) is 1.07. The minimum Gasteiger partial charge on any atom is -0.336 e. The molecule has 1 rings (SSSR count). The van der Waals surface area contributed by atoms with Crippen LogP contribution >= 0.6 is 0 Å². The summed E-state index contributed by atoms with van der Waals surface area (Å²) in [5, 5.41) is 3.24. The molecule has 0 amide bonds. The van der Waals surface area contributed by atoms with Crippen molar-refractivity contribution in [2.45, 2.75) is 25.9 Å². The molecule has 0 aliphatic heterocycles. The number of hydrogen-bond acceptors (Lipinski definition) is 2. The quantitative estimate of drug-likeness (QED) is 0.696. The van der Waals surface area contributed by atoms with Crippen molar-refractivity contribution in [1.82, 2.24) is 14.9 Å². The summed E-state index contributed by atoms with van der Waals surface area (Å²) in [5.74, 6) is 0. The van der Waals surface area contributed by atoms with Gasteiger partial charge in [-0.3, -0.25) is 0 Å². The minimum absolute atomic E-state index is 0.559. The van der Waals surface area contributed by atoms with Crippen LogP contribution in [0.15, 0.2) is 18.7 Å². The summed E-state index contributed by atoms with van der Waals surface area (Å²) in [6, 6.07) is 0.559. The van der Waals surface area contributed by atoms with Gasteiger partial charge in [-0.15, -0.1) is 0 Å². The molecule has 1 unspecified atom stereocenters. The van der Waals surface area contributed by atoms with Gasteiger partial charge in [-0.2, -0.15) is 0 Å². The second-order valence-electron chi connectivity index (χ2n) is 2.65. The van der Waals surface area contributed by atoms with Gasteiger partial charge in [0.2, 0.25) is 0 Å². The maximum atomic E-state index is 3.98. The van der Waals surface area contributed by atoms with E-state index in [1.165, 1.54) is 0 Å². The van der Waals surface area contributed by atoms with Gasteiger partial charge >= 0.3 is 0 Å². The van der Waals surface area contributed by atoms with E-state index in [9.17, 15) is 0 Å². The zero-order chi connectivity index (χ0) is 8.10. The van der Waals surface area contributed by atoms with Gasteiger partial charge in [-0.25, -0.2) is 4.98 Å². The van der Waals surface area contributed by atoms with Crippen LogP contribution in [-0.2, 0) is 6.54 Å². The third kappa shape index (κ3) is 2.35. The Bertz CT molecular complexity index is 177. The Labute approximate surface area is 67.4 Å². The zero-order valence-electron chi connectivity index (χ0n) is 7.12. The fourth-order valence-corrected chi connectivity index (χ4v) is 1.07. The molecule has 3 heteroatoms. The van der Waals surface area contributed by atoms with Crippen LogP contribution in [0.4, 0.5) is 0 Å². The highest BCUT2D eigenvalue weighted by Gasteiger charge is 2.01. The number of aromatic nitrogens is 2. The van der Waals surface area contributed by atoms with Crippen molar-refractivity contribution >= 4 is 0 Å². The number of nitrogens with one attached hydrogen (secondary N) is 1. The highest BCUT2D eigenvalue weighted by molar-refractivity contribution is 4.76. The number of hydrogen-bond donors (Lipinski definition) is 1. The first kappa shape index (κ1) is 8.27. The Hall–Kier alpha value is -0.830. The van der Waals surface area contributed by atoms with Crippen molar-refractivity contribution in [3.63, 3.8) is 0 Å². The summed E-state index contributed by atoms with van der Waals surface area (Å²) in [6.45, 7) is 3.19. The van der Waals surface area contributed by atoms with Crippen molar-refractivity contribution in [3.8, 4) is 0 Å². The molecule has 0 saturated carbocycles. The fraction of sp³-hybridized carbons (Fsp3) is 0.625. The molecule has 3 nitrogen and oxygen atoms in total. The Balaban J connectivity index is 2.41. The first-order valence-electron chi connectivity index (χ1n) is 3.99. The van der Waals surface area contributed by atoms with Crippen molar-refractivity contribution in [1.29, 1.82) is 0 Å². The van der Waals surface area contributed by atoms with Crippen molar-refractivity contribution < 1.29 is 0 Å². The molecule has 0 aromatic carbocycles. The smallest absolute Gasteiger partial charge is 0.0946 e. The van der Waals surface area contributed by atoms with Gasteiger partial charge in [0.25, 0.3) is 0 Å². The van der Waals surface area contributed by atoms with Crippen LogP contribution in [0.2, 0.25) is 0 Å². The number of rotatable bonds is 4. The highest BCUT2D eigenvalue weighted by atomic mass is 15.1. The minimum atomic E-state index is 0.559. The summed E-state index contributed by atoms with van der Waals surface area (Å²) in [6.07, 6.45) is 6.79. The van der Waals surface area contributed by atoms with Gasteiger partial charge < -0.3 is 9.88 Å². The lowest BCUT2D eigenvalue weighted by Gasteiger charge is -2.13. The van der Waals surface area contributed by atoms with E-state index in [0.717, 1.165) is 13.0 Å². The zero-order valence-corrected chi connectivity index (χ0v) is 7.12. The van der Waals surface area contributed by atoms with Gasteiger partial charge in [0.05, 0.1) is 6.33 Å². The first-order chi connectivity index (χ1) is 5.36. The van der Waals surface area contributed by atoms with E-state index in [4.69, 9.17) is 0 Å². The predicted octanol–water partition coefficient (Wildman–Crippen LogP) is 0.881. The maximum absolute atomic E-state index is 3.98. The molecular weight excluding hydrogens is 138 g/mol. The standard InChI is InChI=1S/C8H15N3/c1-3-8(9-2)6-11-5-4-10-7-11/h4-5,7-9H,3,6H2,1-2H3. The molecule has 0 spiro atoms. The molecular formula is C8H15N3. The molecule has 1 aromatic heterocycles. The van der Waals surface area contributed by atoms with E-state index in [2.05, 4.69) is 21.8 Å². The Morgan fingerprint density at radius 1 is 1.64 bits per heavy atom. The molecule has 0 saturated heterocycles. The van der Waals surface area contributed by atoms with Crippen LogP contribution in [0.25, 0.3) is 0 Å². The molecule has 0 fully saturated rings. The van der Waals surface area contributed by atoms with Crippen LogP contribution in [0.5, 0.6) is 0 Å². The van der Waals surface area contributed by atoms with Crippen LogP contribution in [0.3, 0.4) is 0 Å². The predicted molar refractivity (Wildman–Crippen MR) is 45.4 cm³/mol. The van der Waals surface area contributed by atoms with E-state index < -0.39 is 0 Å². The maximum Gasteiger partial charge on any atom is 0.0946 e. The lowest BCUT2D eigenvalue weighted by atomic mass is 10.2. The van der Waals surface area contributed by atoms with Crippen molar-refractivity contribution in [2.24, 2.45) is 0 Å². The molecule has 0 radical (unpaired) electrons. The third-order valence-corrected chi connectivity index (χ3v) is 1.89. The lowest BCUT2D eigenvalue weighted by molar-refractivity contribution is 0.468. The largest absolute Gasteiger partial charge is 0.336 e. The second kappa shape index (κ2) is 4.13. The molecule has 62 valence electrons. The summed E-state index contributed by atoms with van der Waals surface area (Å²) in [4.78, 5) is 3.98. The van der Waals surface area contributed by atoms with Crippen LogP contribution in [0, 0.1) is 0 Å². The molecule has 0 aliphatic carbocycles. The summed E-state index contributed by atoms with van der Waals surface area (Å²) < 4.78 is 2.09. The molecule has 11 heavy (non-hydrogen) atoms. The summed E-state index contributed by atoms with van der Waals surface area (Å²) in [5.41, 5.74) is 0. The van der Waals surface area contributed by atoms with Gasteiger partial charge in [-0.1, -0.05) is 6.92 Å². The second-order valence-corrected chi connectivity index (χ2v) is 2.65. The first-order valence-corrected chi connectivity index (χ1v) is 3.99. The van der Waals surface area contributed by atoms with Gasteiger partial charge in [0.15, 0.2) is 0 Å². The Morgan fingerprint density at radius 2 is 2.45 bits per heavy atom. The van der Waals surface area contributed by atoms with Gasteiger partial charge in [0, 0.05) is 25.0 Å². The molecule has 1 atom stereocenters. The normalized spacial score (nSPS) is 13.3. The SMILES string of the molecule is CCC(Cn1ccnc1)NC. The van der Waals surface area contributed by atoms with Gasteiger partial charge in [-0.05, 0) is 13.5 Å². The Kier molecular flexibility index (Phi) is 3.11. The lowest BCUT2D eigenvalue weighted by Crippen LogP contribution is -2.28. The van der Waals surface area contributed by atoms with Crippen molar-refractivity contribution in [2.75, 3.05) is 7.05 Å². The van der Waals surface area contributed by atoms with E-state index in [1.807, 2.05) is 25.8 Å².